The van der Waals surface area contributed by atoms with Crippen LogP contribution in [0.15, 0.2) is 47.4 Å². The monoisotopic (exact) mass is 462 g/mol. The predicted octanol–water partition coefficient (Wildman–Crippen LogP) is 4.23. The number of halogens is 1. The number of hydrogen-bond donors (Lipinski definition) is 1. The van der Waals surface area contributed by atoms with Crippen molar-refractivity contribution < 1.29 is 28.4 Å². The van der Waals surface area contributed by atoms with Crippen molar-refractivity contribution in [3.05, 3.63) is 69.5 Å². The summed E-state index contributed by atoms with van der Waals surface area (Å²) in [6.45, 7) is 4.65. The largest absolute Gasteiger partial charge is 0.463 e. The summed E-state index contributed by atoms with van der Waals surface area (Å²) in [7, 11) is 0. The van der Waals surface area contributed by atoms with Crippen LogP contribution in [-0.4, -0.2) is 34.4 Å². The van der Waals surface area contributed by atoms with E-state index in [0.29, 0.717) is 0 Å². The second kappa shape index (κ2) is 11.4. The first-order valence-electron chi connectivity index (χ1n) is 9.74. The molecule has 2 rings (SSSR count). The Labute approximate surface area is 188 Å². The van der Waals surface area contributed by atoms with Gasteiger partial charge in [-0.05, 0) is 32.9 Å². The highest BCUT2D eigenvalue weighted by atomic mass is 32.2. The number of Topliss-reactive ketones (excluding diaryl/α,β-unsaturated/α-hetero) is 1. The minimum absolute atomic E-state index is 0.161. The highest BCUT2D eigenvalue weighted by molar-refractivity contribution is 8.00. The van der Waals surface area contributed by atoms with Crippen molar-refractivity contribution in [2.45, 2.75) is 44.2 Å². The van der Waals surface area contributed by atoms with Gasteiger partial charge in [0, 0.05) is 16.5 Å². The first-order chi connectivity index (χ1) is 15.1. The third-order valence-corrected chi connectivity index (χ3v) is 5.33. The van der Waals surface area contributed by atoms with Gasteiger partial charge in [0.2, 0.25) is 5.91 Å². The zero-order chi connectivity index (χ0) is 23.8. The minimum atomic E-state index is -0.999. The number of nitrogens with one attached hydrogen (secondary N) is 1. The number of ketones is 1. The van der Waals surface area contributed by atoms with Crippen LogP contribution in [0.25, 0.3) is 0 Å². The van der Waals surface area contributed by atoms with Crippen LogP contribution in [0.2, 0.25) is 0 Å². The van der Waals surface area contributed by atoms with Crippen LogP contribution >= 0.6 is 11.8 Å². The summed E-state index contributed by atoms with van der Waals surface area (Å²) in [4.78, 5) is 47.0. The van der Waals surface area contributed by atoms with Gasteiger partial charge in [0.15, 0.2) is 5.78 Å². The van der Waals surface area contributed by atoms with E-state index in [0.717, 1.165) is 17.8 Å². The molecule has 0 aliphatic carbocycles. The summed E-state index contributed by atoms with van der Waals surface area (Å²) in [5, 5.41) is 14.0. The van der Waals surface area contributed by atoms with Crippen molar-refractivity contribution in [3.63, 3.8) is 0 Å². The lowest BCUT2D eigenvalue weighted by atomic mass is 10.0. The van der Waals surface area contributed by atoms with Gasteiger partial charge in [-0.15, -0.1) is 11.8 Å². The van der Waals surface area contributed by atoms with Gasteiger partial charge in [0.1, 0.15) is 5.82 Å². The standard InChI is InChI=1S/C22H23FN2O6S/c1-13(2)31-22(28)11-18(16-6-4-5-7-19(16)25(29)30)24-21(27)12-32-20-9-8-15(14(3)26)10-17(20)23/h4-10,13,18H,11-12H2,1-3H3,(H,24,27). The molecule has 1 unspecified atom stereocenters. The smallest absolute Gasteiger partial charge is 0.308 e. The zero-order valence-corrected chi connectivity index (χ0v) is 18.6. The summed E-state index contributed by atoms with van der Waals surface area (Å²) < 4.78 is 19.3. The second-order valence-electron chi connectivity index (χ2n) is 7.17. The molecular weight excluding hydrogens is 439 g/mol. The van der Waals surface area contributed by atoms with Gasteiger partial charge in [0.05, 0.1) is 34.8 Å². The molecule has 0 aliphatic heterocycles. The number of carbonyl (C=O) groups is 3. The average molecular weight is 462 g/mol. The fourth-order valence-electron chi connectivity index (χ4n) is 2.88. The molecule has 0 bridgehead atoms. The van der Waals surface area contributed by atoms with Crippen molar-refractivity contribution in [2.24, 2.45) is 0 Å². The maximum absolute atomic E-state index is 14.2. The van der Waals surface area contributed by atoms with E-state index in [9.17, 15) is 28.9 Å². The SMILES string of the molecule is CC(=O)c1ccc(SCC(=O)NC(CC(=O)OC(C)C)c2ccccc2[N+](=O)[O-])c(F)c1. The van der Waals surface area contributed by atoms with E-state index in [1.807, 2.05) is 0 Å². The Kier molecular flexibility index (Phi) is 8.89. The third kappa shape index (κ3) is 7.16. The Morgan fingerprint density at radius 2 is 1.88 bits per heavy atom. The van der Waals surface area contributed by atoms with Gasteiger partial charge in [-0.1, -0.05) is 24.3 Å². The van der Waals surface area contributed by atoms with E-state index in [-0.39, 0.29) is 45.8 Å². The van der Waals surface area contributed by atoms with Crippen LogP contribution in [0.1, 0.15) is 49.2 Å². The minimum Gasteiger partial charge on any atom is -0.463 e. The molecule has 0 radical (unpaired) electrons. The van der Waals surface area contributed by atoms with Crippen molar-refractivity contribution in [1.82, 2.24) is 5.32 Å². The Morgan fingerprint density at radius 1 is 1.19 bits per heavy atom. The van der Waals surface area contributed by atoms with Gasteiger partial charge in [-0.25, -0.2) is 4.39 Å². The van der Waals surface area contributed by atoms with Gasteiger partial charge in [0.25, 0.3) is 5.69 Å². The summed E-state index contributed by atoms with van der Waals surface area (Å²) in [5.74, 6) is -2.29. The predicted molar refractivity (Wildman–Crippen MR) is 117 cm³/mol. The number of thioether (sulfide) groups is 1. The number of amides is 1. The van der Waals surface area contributed by atoms with Crippen LogP contribution < -0.4 is 5.32 Å². The number of rotatable bonds is 10. The van der Waals surface area contributed by atoms with E-state index in [1.165, 1.54) is 37.3 Å². The molecule has 8 nitrogen and oxygen atoms in total. The number of carbonyl (C=O) groups excluding carboxylic acids is 3. The number of nitrogens with zero attached hydrogens (tertiary/aromatic N) is 1. The quantitative estimate of drug-likeness (QED) is 0.185. The van der Waals surface area contributed by atoms with Crippen molar-refractivity contribution in [3.8, 4) is 0 Å². The van der Waals surface area contributed by atoms with E-state index in [2.05, 4.69) is 5.32 Å². The lowest BCUT2D eigenvalue weighted by molar-refractivity contribution is -0.385. The van der Waals surface area contributed by atoms with Crippen LogP contribution in [0.3, 0.4) is 0 Å². The summed E-state index contributed by atoms with van der Waals surface area (Å²) in [5.41, 5.74) is 0.138. The van der Waals surface area contributed by atoms with E-state index < -0.39 is 28.7 Å². The Balaban J connectivity index is 2.16. The molecule has 1 atom stereocenters. The Bertz CT molecular complexity index is 1030. The molecule has 170 valence electrons. The summed E-state index contributed by atoms with van der Waals surface area (Å²) in [6, 6.07) is 8.75. The molecule has 2 aromatic rings. The molecule has 1 amide bonds. The maximum atomic E-state index is 14.2. The van der Waals surface area contributed by atoms with Crippen molar-refractivity contribution in [1.29, 1.82) is 0 Å². The second-order valence-corrected chi connectivity index (χ2v) is 8.19. The fourth-order valence-corrected chi connectivity index (χ4v) is 3.61. The van der Waals surface area contributed by atoms with Crippen LogP contribution in [0.4, 0.5) is 10.1 Å². The molecule has 32 heavy (non-hydrogen) atoms. The van der Waals surface area contributed by atoms with Crippen molar-refractivity contribution in [2.75, 3.05) is 5.75 Å². The first kappa shape index (κ1) is 25.0. The molecule has 0 saturated carbocycles. The Morgan fingerprint density at radius 3 is 2.47 bits per heavy atom. The topological polar surface area (TPSA) is 116 Å². The number of esters is 1. The highest BCUT2D eigenvalue weighted by Gasteiger charge is 2.26. The van der Waals surface area contributed by atoms with Crippen LogP contribution in [-0.2, 0) is 14.3 Å². The normalized spacial score (nSPS) is 11.7. The van der Waals surface area contributed by atoms with Crippen molar-refractivity contribution >= 4 is 35.1 Å². The molecular formula is C22H23FN2O6S. The lowest BCUT2D eigenvalue weighted by Crippen LogP contribution is -2.32. The maximum Gasteiger partial charge on any atom is 0.308 e. The molecule has 10 heteroatoms. The molecule has 2 aromatic carbocycles. The average Bonchev–Trinajstić information content (AvgIpc) is 2.71. The molecule has 0 aromatic heterocycles. The van der Waals surface area contributed by atoms with Gasteiger partial charge < -0.3 is 10.1 Å². The van der Waals surface area contributed by atoms with Gasteiger partial charge in [-0.3, -0.25) is 24.5 Å². The fraction of sp³-hybridized carbons (Fsp3) is 0.318. The first-order valence-corrected chi connectivity index (χ1v) is 10.7. The lowest BCUT2D eigenvalue weighted by Gasteiger charge is -2.19. The molecule has 0 saturated heterocycles. The number of hydrogen-bond acceptors (Lipinski definition) is 7. The van der Waals surface area contributed by atoms with Gasteiger partial charge in [-0.2, -0.15) is 0 Å². The van der Waals surface area contributed by atoms with E-state index in [4.69, 9.17) is 4.74 Å². The molecule has 0 aliphatic rings. The molecule has 0 fully saturated rings. The summed E-state index contributed by atoms with van der Waals surface area (Å²) in [6.07, 6.45) is -0.692. The molecule has 0 heterocycles. The number of para-hydroxylation sites is 1. The Hall–Kier alpha value is -3.27. The van der Waals surface area contributed by atoms with Crippen LogP contribution in [0.5, 0.6) is 0 Å². The number of nitro benzene ring substituents is 1. The zero-order valence-electron chi connectivity index (χ0n) is 17.8. The third-order valence-electron chi connectivity index (χ3n) is 4.28. The van der Waals surface area contributed by atoms with Crippen LogP contribution in [0, 0.1) is 15.9 Å². The number of nitro groups is 1. The molecule has 0 spiro atoms. The summed E-state index contributed by atoms with van der Waals surface area (Å²) >= 11 is 0.904. The highest BCUT2D eigenvalue weighted by Crippen LogP contribution is 2.28. The number of ether oxygens (including phenoxy) is 1. The molecule has 1 N–H and O–H groups in total. The van der Waals surface area contributed by atoms with E-state index >= 15 is 0 Å². The number of benzene rings is 2. The van der Waals surface area contributed by atoms with E-state index in [1.54, 1.807) is 19.9 Å². The van der Waals surface area contributed by atoms with Gasteiger partial charge >= 0.3 is 5.97 Å².